The van der Waals surface area contributed by atoms with Crippen molar-refractivity contribution in [3.8, 4) is 0 Å². The van der Waals surface area contributed by atoms with Crippen LogP contribution in [0, 0.1) is 0 Å². The third kappa shape index (κ3) is 3.90. The molecule has 1 unspecified atom stereocenters. The van der Waals surface area contributed by atoms with Crippen LogP contribution in [0.15, 0.2) is 53.7 Å². The van der Waals surface area contributed by atoms with Crippen molar-refractivity contribution in [2.24, 2.45) is 0 Å². The van der Waals surface area contributed by atoms with Crippen LogP contribution >= 0.6 is 11.8 Å². The molecule has 2 heterocycles. The lowest BCUT2D eigenvalue weighted by atomic mass is 10.0. The molecule has 0 aliphatic carbocycles. The van der Waals surface area contributed by atoms with Gasteiger partial charge < -0.3 is 0 Å². The molecule has 0 bridgehead atoms. The van der Waals surface area contributed by atoms with Crippen molar-refractivity contribution >= 4 is 35.4 Å². The average molecular weight is 454 g/mol. The number of alkyl halides is 3. The lowest BCUT2D eigenvalue weighted by Gasteiger charge is -2.35. The zero-order valence-corrected chi connectivity index (χ0v) is 17.7. The van der Waals surface area contributed by atoms with Crippen molar-refractivity contribution < 1.29 is 37.0 Å². The second-order valence-corrected chi connectivity index (χ2v) is 8.19. The van der Waals surface area contributed by atoms with Crippen molar-refractivity contribution in [2.45, 2.75) is 37.0 Å². The number of halogens is 3. The summed E-state index contributed by atoms with van der Waals surface area (Å²) >= 11 is 1.44. The van der Waals surface area contributed by atoms with E-state index in [9.17, 15) is 27.6 Å². The molecule has 1 saturated heterocycles. The molecule has 1 aliphatic heterocycles. The lowest BCUT2D eigenvalue weighted by molar-refractivity contribution is -1.06. The number of nitrogens with zero attached hydrogens (tertiary/aromatic N) is 3. The van der Waals surface area contributed by atoms with Crippen molar-refractivity contribution in [2.75, 3.05) is 11.2 Å². The van der Waals surface area contributed by atoms with Crippen LogP contribution in [0.2, 0.25) is 0 Å². The molecule has 0 radical (unpaired) electrons. The van der Waals surface area contributed by atoms with Crippen LogP contribution in [0.1, 0.15) is 19.4 Å². The highest BCUT2D eigenvalue weighted by molar-refractivity contribution is 7.98. The van der Waals surface area contributed by atoms with Crippen LogP contribution in [0.5, 0.6) is 0 Å². The summed E-state index contributed by atoms with van der Waals surface area (Å²) in [5.74, 6) is -3.35. The van der Waals surface area contributed by atoms with E-state index in [1.54, 1.807) is 12.1 Å². The third-order valence-corrected chi connectivity index (χ3v) is 5.83. The minimum atomic E-state index is -5.35. The predicted octanol–water partition coefficient (Wildman–Crippen LogP) is 4.09. The molecule has 2 aromatic rings. The van der Waals surface area contributed by atoms with E-state index in [-0.39, 0.29) is 5.69 Å². The van der Waals surface area contributed by atoms with E-state index in [2.05, 4.69) is 4.98 Å². The van der Waals surface area contributed by atoms with Crippen LogP contribution in [-0.4, -0.2) is 45.5 Å². The summed E-state index contributed by atoms with van der Waals surface area (Å²) in [5, 5.41) is 0. The molecule has 0 saturated carbocycles. The maximum atomic E-state index is 13.5. The van der Waals surface area contributed by atoms with Gasteiger partial charge >= 0.3 is 24.1 Å². The number of amides is 3. The standard InChI is InChI=1S/C20H19F3N3O4S/c1-19(2)16(27)25(14-4-6-15(31-3)7-5-14)18(29)26(19,30-17(28)20(21,22)23)12-13-8-10-24-11-9-13/h4-11H,12H2,1-3H3/q+1. The van der Waals surface area contributed by atoms with Crippen molar-refractivity contribution in [1.82, 2.24) is 4.98 Å². The number of hydrogen-bond donors (Lipinski definition) is 0. The molecule has 1 aliphatic rings. The molecule has 0 N–H and O–H groups in total. The van der Waals surface area contributed by atoms with Crippen LogP contribution in [-0.2, 0) is 21.0 Å². The van der Waals surface area contributed by atoms with Gasteiger partial charge in [0.05, 0.1) is 5.69 Å². The van der Waals surface area contributed by atoms with E-state index in [0.29, 0.717) is 5.56 Å². The fourth-order valence-corrected chi connectivity index (χ4v) is 3.67. The Bertz CT molecular complexity index is 1010. The number of quaternary nitrogens is 1. The summed E-state index contributed by atoms with van der Waals surface area (Å²) in [5.41, 5.74) is -1.31. The van der Waals surface area contributed by atoms with E-state index < -0.39 is 40.8 Å². The first-order valence-corrected chi connectivity index (χ1v) is 10.3. The average Bonchev–Trinajstić information content (AvgIpc) is 2.86. The first-order chi connectivity index (χ1) is 14.4. The number of hydrogen-bond acceptors (Lipinski definition) is 6. The van der Waals surface area contributed by atoms with Gasteiger partial charge in [0, 0.05) is 36.7 Å². The number of aromatic nitrogens is 1. The Morgan fingerprint density at radius 1 is 1.13 bits per heavy atom. The molecule has 3 amide bonds. The minimum Gasteiger partial charge on any atom is -0.266 e. The molecule has 11 heteroatoms. The summed E-state index contributed by atoms with van der Waals surface area (Å²) in [6.07, 6.45) is -0.745. The van der Waals surface area contributed by atoms with Crippen LogP contribution in [0.25, 0.3) is 0 Å². The maximum Gasteiger partial charge on any atom is 0.497 e. The fourth-order valence-electron chi connectivity index (χ4n) is 3.26. The van der Waals surface area contributed by atoms with Gasteiger partial charge in [-0.3, -0.25) is 14.6 Å². The van der Waals surface area contributed by atoms with Gasteiger partial charge in [-0.1, -0.05) is 0 Å². The molecule has 0 spiro atoms. The zero-order valence-electron chi connectivity index (χ0n) is 16.8. The van der Waals surface area contributed by atoms with Crippen LogP contribution in [0.4, 0.5) is 23.7 Å². The van der Waals surface area contributed by atoms with Gasteiger partial charge in [0.15, 0.2) is 6.54 Å². The van der Waals surface area contributed by atoms with E-state index in [1.165, 1.54) is 62.3 Å². The molecule has 7 nitrogen and oxygen atoms in total. The number of anilines is 1. The quantitative estimate of drug-likeness (QED) is 0.385. The topological polar surface area (TPSA) is 76.6 Å². The van der Waals surface area contributed by atoms with Gasteiger partial charge in [-0.25, -0.2) is 9.59 Å². The maximum absolute atomic E-state index is 13.5. The van der Waals surface area contributed by atoms with E-state index >= 15 is 0 Å². The highest BCUT2D eigenvalue weighted by Gasteiger charge is 2.71. The van der Waals surface area contributed by atoms with Gasteiger partial charge in [-0.05, 0) is 47.3 Å². The van der Waals surface area contributed by atoms with Gasteiger partial charge in [0.2, 0.25) is 5.54 Å². The van der Waals surface area contributed by atoms with Crippen molar-refractivity contribution in [1.29, 1.82) is 0 Å². The normalized spacial score (nSPS) is 20.8. The first kappa shape index (κ1) is 22.8. The molecule has 3 rings (SSSR count). The molecule has 1 aromatic heterocycles. The molecular formula is C20H19F3N3O4S+. The Morgan fingerprint density at radius 2 is 1.71 bits per heavy atom. The Balaban J connectivity index is 2.14. The second kappa shape index (κ2) is 7.97. The number of pyridine rings is 1. The number of carbonyl (C=O) groups excluding carboxylic acids is 3. The highest BCUT2D eigenvalue weighted by atomic mass is 32.2. The number of urea groups is 1. The largest absolute Gasteiger partial charge is 0.497 e. The zero-order chi connectivity index (χ0) is 23.0. The summed E-state index contributed by atoms with van der Waals surface area (Å²) in [4.78, 5) is 48.8. The number of rotatable bonds is 5. The van der Waals surface area contributed by atoms with Crippen LogP contribution in [0.3, 0.4) is 0 Å². The van der Waals surface area contributed by atoms with Crippen molar-refractivity contribution in [3.05, 3.63) is 54.4 Å². The Hall–Kier alpha value is -2.92. The summed E-state index contributed by atoms with van der Waals surface area (Å²) < 4.78 is 37.8. The Kier molecular flexibility index (Phi) is 5.85. The van der Waals surface area contributed by atoms with Gasteiger partial charge in [0.1, 0.15) is 0 Å². The van der Waals surface area contributed by atoms with Crippen molar-refractivity contribution in [3.63, 3.8) is 0 Å². The number of thioether (sulfide) groups is 1. The molecule has 1 atom stereocenters. The fraction of sp³-hybridized carbons (Fsp3) is 0.300. The molecular weight excluding hydrogens is 435 g/mol. The predicted molar refractivity (Wildman–Crippen MR) is 106 cm³/mol. The van der Waals surface area contributed by atoms with Gasteiger partial charge in [0.25, 0.3) is 0 Å². The second-order valence-electron chi connectivity index (χ2n) is 7.31. The molecule has 1 fully saturated rings. The monoisotopic (exact) mass is 454 g/mol. The number of benzene rings is 1. The summed E-state index contributed by atoms with van der Waals surface area (Å²) in [6, 6.07) is 8.19. The van der Waals surface area contributed by atoms with Gasteiger partial charge in [-0.15, -0.1) is 11.8 Å². The smallest absolute Gasteiger partial charge is 0.266 e. The Labute approximate surface area is 180 Å². The third-order valence-electron chi connectivity index (χ3n) is 5.09. The van der Waals surface area contributed by atoms with E-state index in [4.69, 9.17) is 4.84 Å². The summed E-state index contributed by atoms with van der Waals surface area (Å²) in [7, 11) is 0. The number of carbonyl (C=O) groups is 3. The Morgan fingerprint density at radius 3 is 2.23 bits per heavy atom. The molecule has 31 heavy (non-hydrogen) atoms. The first-order valence-electron chi connectivity index (χ1n) is 9.05. The van der Waals surface area contributed by atoms with Gasteiger partial charge in [-0.2, -0.15) is 18.1 Å². The number of hydroxylamine groups is 3. The number of imide groups is 1. The molecule has 164 valence electrons. The lowest BCUT2D eigenvalue weighted by Crippen LogP contribution is -2.62. The summed E-state index contributed by atoms with van der Waals surface area (Å²) in [6.45, 7) is 2.06. The van der Waals surface area contributed by atoms with E-state index in [1.807, 2.05) is 6.26 Å². The minimum absolute atomic E-state index is 0.165. The molecule has 1 aromatic carbocycles. The highest BCUT2D eigenvalue weighted by Crippen LogP contribution is 2.42. The van der Waals surface area contributed by atoms with Crippen LogP contribution < -0.4 is 4.90 Å². The van der Waals surface area contributed by atoms with E-state index in [0.717, 1.165) is 9.80 Å². The SMILES string of the molecule is CSc1ccc(N2C(=O)C(C)(C)[N+](Cc3ccncc3)(OC(=O)C(F)(F)F)C2=O)cc1.